The average Bonchev–Trinajstić information content (AvgIpc) is 3.28. The van der Waals surface area contributed by atoms with Gasteiger partial charge in [-0.15, -0.1) is 0 Å². The fourth-order valence-corrected chi connectivity index (χ4v) is 2.36. The molecule has 1 aromatic heterocycles. The Morgan fingerprint density at radius 2 is 2.05 bits per heavy atom. The first-order valence-corrected chi connectivity index (χ1v) is 7.59. The zero-order valence-corrected chi connectivity index (χ0v) is 12.7. The van der Waals surface area contributed by atoms with Gasteiger partial charge in [-0.3, -0.25) is 4.98 Å². The Labute approximate surface area is 126 Å². The first kappa shape index (κ1) is 14.1. The molecule has 3 nitrogen and oxygen atoms in total. The van der Waals surface area contributed by atoms with E-state index in [1.807, 2.05) is 25.1 Å². The van der Waals surface area contributed by atoms with Gasteiger partial charge in [-0.1, -0.05) is 23.8 Å². The van der Waals surface area contributed by atoms with E-state index in [1.165, 1.54) is 24.0 Å². The number of ether oxygens (including phenoxy) is 1. The summed E-state index contributed by atoms with van der Waals surface area (Å²) >= 11 is 0. The van der Waals surface area contributed by atoms with Crippen molar-refractivity contribution in [2.45, 2.75) is 45.9 Å². The van der Waals surface area contributed by atoms with Crippen LogP contribution in [0.2, 0.25) is 0 Å². The van der Waals surface area contributed by atoms with E-state index in [4.69, 9.17) is 4.74 Å². The van der Waals surface area contributed by atoms with Crippen molar-refractivity contribution in [3.8, 4) is 5.75 Å². The monoisotopic (exact) mass is 282 g/mol. The molecule has 0 saturated heterocycles. The molecule has 0 amide bonds. The minimum atomic E-state index is 0.515. The summed E-state index contributed by atoms with van der Waals surface area (Å²) in [6.45, 7) is 5.51. The normalized spacial score (nSPS) is 14.2. The number of benzene rings is 1. The maximum absolute atomic E-state index is 5.98. The lowest BCUT2D eigenvalue weighted by Gasteiger charge is -2.13. The molecular formula is C18H22N2O. The predicted molar refractivity (Wildman–Crippen MR) is 84.3 cm³/mol. The van der Waals surface area contributed by atoms with Gasteiger partial charge >= 0.3 is 0 Å². The fraction of sp³-hybridized carbons (Fsp3) is 0.389. The molecule has 3 rings (SSSR count). The minimum absolute atomic E-state index is 0.515. The van der Waals surface area contributed by atoms with Gasteiger partial charge in [0, 0.05) is 23.8 Å². The summed E-state index contributed by atoms with van der Waals surface area (Å²) in [6.07, 6.45) is 2.60. The van der Waals surface area contributed by atoms with Crippen molar-refractivity contribution in [3.05, 3.63) is 58.9 Å². The van der Waals surface area contributed by atoms with Crippen molar-refractivity contribution in [1.29, 1.82) is 0 Å². The minimum Gasteiger partial charge on any atom is -0.487 e. The van der Waals surface area contributed by atoms with E-state index >= 15 is 0 Å². The summed E-state index contributed by atoms with van der Waals surface area (Å²) < 4.78 is 5.98. The highest BCUT2D eigenvalue weighted by atomic mass is 16.5. The summed E-state index contributed by atoms with van der Waals surface area (Å²) in [5, 5.41) is 3.55. The number of hydrogen-bond acceptors (Lipinski definition) is 3. The molecular weight excluding hydrogens is 260 g/mol. The van der Waals surface area contributed by atoms with Crippen molar-refractivity contribution in [1.82, 2.24) is 10.3 Å². The molecule has 0 aliphatic heterocycles. The molecule has 1 N–H and O–H groups in total. The first-order chi connectivity index (χ1) is 10.2. The molecule has 110 valence electrons. The van der Waals surface area contributed by atoms with Crippen molar-refractivity contribution >= 4 is 0 Å². The Bertz CT molecular complexity index is 620. The van der Waals surface area contributed by atoms with Crippen LogP contribution in [0.1, 0.15) is 35.4 Å². The van der Waals surface area contributed by atoms with Gasteiger partial charge in [-0.2, -0.15) is 0 Å². The third-order valence-electron chi connectivity index (χ3n) is 3.70. The molecule has 0 atom stereocenters. The lowest BCUT2D eigenvalue weighted by Crippen LogP contribution is -2.16. The van der Waals surface area contributed by atoms with Crippen LogP contribution >= 0.6 is 0 Å². The number of pyridine rings is 1. The summed E-state index contributed by atoms with van der Waals surface area (Å²) in [6, 6.07) is 13.1. The highest BCUT2D eigenvalue weighted by Crippen LogP contribution is 2.24. The highest BCUT2D eigenvalue weighted by Gasteiger charge is 2.20. The second-order valence-electron chi connectivity index (χ2n) is 5.83. The number of aromatic nitrogens is 1. The summed E-state index contributed by atoms with van der Waals surface area (Å²) in [4.78, 5) is 4.48. The Hall–Kier alpha value is -1.87. The van der Waals surface area contributed by atoms with E-state index in [-0.39, 0.29) is 0 Å². The lowest BCUT2D eigenvalue weighted by atomic mass is 10.1. The SMILES string of the molecule is Cc1ccc(OCc2cccc(C)n2)c(CNC2CC2)c1. The molecule has 0 bridgehead atoms. The molecule has 0 spiro atoms. The Morgan fingerprint density at radius 1 is 1.19 bits per heavy atom. The van der Waals surface area contributed by atoms with Crippen molar-refractivity contribution in [2.24, 2.45) is 0 Å². The van der Waals surface area contributed by atoms with Crippen LogP contribution in [0.25, 0.3) is 0 Å². The zero-order chi connectivity index (χ0) is 14.7. The van der Waals surface area contributed by atoms with Gasteiger partial charge in [0.15, 0.2) is 0 Å². The Balaban J connectivity index is 1.68. The second kappa shape index (κ2) is 6.27. The molecule has 3 heteroatoms. The van der Waals surface area contributed by atoms with E-state index in [2.05, 4.69) is 35.4 Å². The van der Waals surface area contributed by atoms with Crippen LogP contribution in [-0.4, -0.2) is 11.0 Å². The Kier molecular flexibility index (Phi) is 4.20. The van der Waals surface area contributed by atoms with Gasteiger partial charge in [0.2, 0.25) is 0 Å². The summed E-state index contributed by atoms with van der Waals surface area (Å²) in [7, 11) is 0. The lowest BCUT2D eigenvalue weighted by molar-refractivity contribution is 0.297. The molecule has 0 unspecified atom stereocenters. The number of nitrogens with zero attached hydrogens (tertiary/aromatic N) is 1. The highest BCUT2D eigenvalue weighted by molar-refractivity contribution is 5.37. The maximum atomic E-state index is 5.98. The Morgan fingerprint density at radius 3 is 2.81 bits per heavy atom. The van der Waals surface area contributed by atoms with E-state index in [9.17, 15) is 0 Å². The van der Waals surface area contributed by atoms with Crippen LogP contribution in [0.5, 0.6) is 5.75 Å². The van der Waals surface area contributed by atoms with Crippen LogP contribution in [0, 0.1) is 13.8 Å². The topological polar surface area (TPSA) is 34.1 Å². The molecule has 0 radical (unpaired) electrons. The quantitative estimate of drug-likeness (QED) is 0.880. The largest absolute Gasteiger partial charge is 0.487 e. The molecule has 1 heterocycles. The zero-order valence-electron chi connectivity index (χ0n) is 12.7. The summed E-state index contributed by atoms with van der Waals surface area (Å²) in [5.41, 5.74) is 4.49. The number of rotatable bonds is 6. The van der Waals surface area contributed by atoms with Gasteiger partial charge < -0.3 is 10.1 Å². The summed E-state index contributed by atoms with van der Waals surface area (Å²) in [5.74, 6) is 0.956. The second-order valence-corrected chi connectivity index (χ2v) is 5.83. The van der Waals surface area contributed by atoms with Gasteiger partial charge in [0.25, 0.3) is 0 Å². The maximum Gasteiger partial charge on any atom is 0.130 e. The van der Waals surface area contributed by atoms with Crippen LogP contribution in [0.4, 0.5) is 0 Å². The van der Waals surface area contributed by atoms with E-state index in [1.54, 1.807) is 0 Å². The van der Waals surface area contributed by atoms with Gasteiger partial charge in [0.05, 0.1) is 5.69 Å². The van der Waals surface area contributed by atoms with E-state index in [0.717, 1.165) is 23.7 Å². The van der Waals surface area contributed by atoms with Crippen molar-refractivity contribution in [3.63, 3.8) is 0 Å². The van der Waals surface area contributed by atoms with Gasteiger partial charge in [0.1, 0.15) is 12.4 Å². The van der Waals surface area contributed by atoms with E-state index in [0.29, 0.717) is 12.6 Å². The van der Waals surface area contributed by atoms with Crippen molar-refractivity contribution < 1.29 is 4.74 Å². The average molecular weight is 282 g/mol. The molecule has 1 aliphatic rings. The third kappa shape index (κ3) is 4.05. The standard InChI is InChI=1S/C18H22N2O/c1-13-6-9-18(15(10-13)11-19-16-7-8-16)21-12-17-5-3-4-14(2)20-17/h3-6,9-10,16,19H,7-8,11-12H2,1-2H3. The van der Waals surface area contributed by atoms with Crippen LogP contribution in [0.15, 0.2) is 36.4 Å². The van der Waals surface area contributed by atoms with Gasteiger partial charge in [-0.25, -0.2) is 0 Å². The number of nitrogens with one attached hydrogen (secondary N) is 1. The molecule has 1 saturated carbocycles. The molecule has 2 aromatic rings. The fourth-order valence-electron chi connectivity index (χ4n) is 2.36. The van der Waals surface area contributed by atoms with Crippen LogP contribution in [0.3, 0.4) is 0 Å². The molecule has 1 fully saturated rings. The van der Waals surface area contributed by atoms with Gasteiger partial charge in [-0.05, 0) is 44.9 Å². The number of aryl methyl sites for hydroxylation is 2. The van der Waals surface area contributed by atoms with Crippen molar-refractivity contribution in [2.75, 3.05) is 0 Å². The van der Waals surface area contributed by atoms with Crippen LogP contribution in [-0.2, 0) is 13.2 Å². The molecule has 1 aromatic carbocycles. The molecule has 21 heavy (non-hydrogen) atoms. The van der Waals surface area contributed by atoms with Crippen LogP contribution < -0.4 is 10.1 Å². The van der Waals surface area contributed by atoms with E-state index < -0.39 is 0 Å². The first-order valence-electron chi connectivity index (χ1n) is 7.59. The third-order valence-corrected chi connectivity index (χ3v) is 3.70. The smallest absolute Gasteiger partial charge is 0.130 e. The molecule has 1 aliphatic carbocycles. The number of hydrogen-bond donors (Lipinski definition) is 1. The predicted octanol–water partition coefficient (Wildman–Crippen LogP) is 3.53.